The zero-order valence-corrected chi connectivity index (χ0v) is 20.7. The van der Waals surface area contributed by atoms with E-state index in [0.29, 0.717) is 31.3 Å². The highest BCUT2D eigenvalue weighted by Gasteiger charge is 2.31. The molecule has 3 aromatic rings. The van der Waals surface area contributed by atoms with Gasteiger partial charge in [0, 0.05) is 49.8 Å². The van der Waals surface area contributed by atoms with Crippen molar-refractivity contribution in [2.75, 3.05) is 25.0 Å². The highest BCUT2D eigenvalue weighted by atomic mass is 16.6. The second-order valence-corrected chi connectivity index (χ2v) is 10.5. The van der Waals surface area contributed by atoms with Crippen LogP contribution in [0.5, 0.6) is 5.75 Å². The fourth-order valence-corrected chi connectivity index (χ4v) is 4.30. The molecule has 3 aromatic heterocycles. The van der Waals surface area contributed by atoms with Crippen LogP contribution in [0.4, 0.5) is 10.6 Å². The molecule has 186 valence electrons. The molecule has 1 aliphatic carbocycles. The number of pyridine rings is 1. The van der Waals surface area contributed by atoms with Crippen molar-refractivity contribution in [3.8, 4) is 17.0 Å². The number of nitrogens with one attached hydrogen (secondary N) is 1. The number of amides is 2. The summed E-state index contributed by atoms with van der Waals surface area (Å²) in [6.45, 7) is 7.39. The topological polar surface area (TPSA) is 103 Å². The lowest BCUT2D eigenvalue weighted by Gasteiger charge is -2.24. The van der Waals surface area contributed by atoms with Gasteiger partial charge in [-0.2, -0.15) is 10.2 Å². The maximum atomic E-state index is 12.3. The number of anilines is 1. The predicted octanol–water partition coefficient (Wildman–Crippen LogP) is 3.72. The van der Waals surface area contributed by atoms with Gasteiger partial charge < -0.3 is 19.7 Å². The first-order valence-electron chi connectivity index (χ1n) is 12.1. The van der Waals surface area contributed by atoms with E-state index in [9.17, 15) is 9.59 Å². The number of fused-ring (bicyclic) bond motifs is 1. The number of likely N-dealkylation sites (tertiary alicyclic amines) is 1. The number of carbonyl (C=O) groups is 2. The number of ether oxygens (including phenoxy) is 2. The molecule has 0 bridgehead atoms. The SMILES string of the molecule is Cn1ncc(OCC2CCN(C(=O)OC(C)(C)C)C2)c1-c1ccn2nc(NC(=O)C3CC3)cc2c1. The van der Waals surface area contributed by atoms with Crippen LogP contribution in [0.25, 0.3) is 16.8 Å². The van der Waals surface area contributed by atoms with Crippen LogP contribution in [-0.4, -0.2) is 61.6 Å². The zero-order valence-electron chi connectivity index (χ0n) is 20.7. The molecule has 10 nitrogen and oxygen atoms in total. The summed E-state index contributed by atoms with van der Waals surface area (Å²) < 4.78 is 15.2. The number of hydrogen-bond acceptors (Lipinski definition) is 6. The van der Waals surface area contributed by atoms with Crippen LogP contribution >= 0.6 is 0 Å². The van der Waals surface area contributed by atoms with Gasteiger partial charge in [0.1, 0.15) is 11.3 Å². The minimum Gasteiger partial charge on any atom is -0.489 e. The van der Waals surface area contributed by atoms with Crippen LogP contribution in [0, 0.1) is 11.8 Å². The van der Waals surface area contributed by atoms with Gasteiger partial charge in [-0.3, -0.25) is 9.48 Å². The molecule has 1 saturated carbocycles. The van der Waals surface area contributed by atoms with Crippen molar-refractivity contribution < 1.29 is 19.1 Å². The van der Waals surface area contributed by atoms with Crippen LogP contribution in [0.2, 0.25) is 0 Å². The van der Waals surface area contributed by atoms with Gasteiger partial charge >= 0.3 is 6.09 Å². The van der Waals surface area contributed by atoms with Gasteiger partial charge in [-0.25, -0.2) is 9.31 Å². The summed E-state index contributed by atoms with van der Waals surface area (Å²) in [5, 5.41) is 11.7. The van der Waals surface area contributed by atoms with Crippen molar-refractivity contribution >= 4 is 23.3 Å². The molecule has 1 atom stereocenters. The Bertz CT molecular complexity index is 1250. The second-order valence-electron chi connectivity index (χ2n) is 10.5. The standard InChI is InChI=1S/C25H32N6O4/c1-25(2,3)35-24(33)30-9-7-16(14-30)15-34-20-13-26-29(4)22(20)18-8-10-31-19(11-18)12-21(28-31)27-23(32)17-5-6-17/h8,10-13,16-17H,5-7,9,14-15H2,1-4H3,(H,27,28,32). The molecule has 1 N–H and O–H groups in total. The Morgan fingerprint density at radius 1 is 1.20 bits per heavy atom. The summed E-state index contributed by atoms with van der Waals surface area (Å²) in [5.41, 5.74) is 2.16. The maximum Gasteiger partial charge on any atom is 0.410 e. The first-order valence-corrected chi connectivity index (χ1v) is 12.1. The van der Waals surface area contributed by atoms with Gasteiger partial charge in [0.05, 0.1) is 18.3 Å². The van der Waals surface area contributed by atoms with E-state index in [1.54, 1.807) is 20.3 Å². The van der Waals surface area contributed by atoms with Crippen LogP contribution in [0.3, 0.4) is 0 Å². The van der Waals surface area contributed by atoms with Crippen molar-refractivity contribution in [3.05, 3.63) is 30.6 Å². The smallest absolute Gasteiger partial charge is 0.410 e. The fourth-order valence-electron chi connectivity index (χ4n) is 4.30. The molecule has 2 fully saturated rings. The van der Waals surface area contributed by atoms with Gasteiger partial charge in [0.2, 0.25) is 5.91 Å². The van der Waals surface area contributed by atoms with E-state index in [1.165, 1.54) is 0 Å². The number of carbonyl (C=O) groups excluding carboxylic acids is 2. The van der Waals surface area contributed by atoms with Gasteiger partial charge in [-0.05, 0) is 52.2 Å². The Balaban J connectivity index is 1.25. The number of hydrogen-bond donors (Lipinski definition) is 1. The Hall–Kier alpha value is -3.56. The number of rotatable bonds is 6. The molecule has 0 spiro atoms. The van der Waals surface area contributed by atoms with Gasteiger partial charge in [-0.1, -0.05) is 0 Å². The van der Waals surface area contributed by atoms with Gasteiger partial charge in [0.15, 0.2) is 11.6 Å². The van der Waals surface area contributed by atoms with E-state index >= 15 is 0 Å². The summed E-state index contributed by atoms with van der Waals surface area (Å²) in [6, 6.07) is 5.82. The van der Waals surface area contributed by atoms with Crippen LogP contribution in [-0.2, 0) is 16.6 Å². The molecule has 2 amide bonds. The van der Waals surface area contributed by atoms with E-state index in [4.69, 9.17) is 9.47 Å². The third kappa shape index (κ3) is 5.26. The molecular weight excluding hydrogens is 448 g/mol. The molecule has 10 heteroatoms. The second kappa shape index (κ2) is 8.90. The lowest BCUT2D eigenvalue weighted by molar-refractivity contribution is -0.117. The normalized spacial score (nSPS) is 18.2. The average Bonchev–Trinajstić information content (AvgIpc) is 3.22. The third-order valence-corrected chi connectivity index (χ3v) is 6.25. The summed E-state index contributed by atoms with van der Waals surface area (Å²) in [6.07, 6.45) is 6.08. The third-order valence-electron chi connectivity index (χ3n) is 6.25. The first kappa shape index (κ1) is 23.2. The van der Waals surface area contributed by atoms with E-state index in [0.717, 1.165) is 36.0 Å². The summed E-state index contributed by atoms with van der Waals surface area (Å²) in [5.74, 6) is 1.63. The minimum atomic E-state index is -0.504. The molecule has 2 aliphatic rings. The quantitative estimate of drug-likeness (QED) is 0.577. The van der Waals surface area contributed by atoms with Crippen molar-refractivity contribution in [2.45, 2.75) is 45.6 Å². The average molecular weight is 481 g/mol. The van der Waals surface area contributed by atoms with Crippen molar-refractivity contribution in [3.63, 3.8) is 0 Å². The van der Waals surface area contributed by atoms with Crippen LogP contribution in [0.1, 0.15) is 40.0 Å². The van der Waals surface area contributed by atoms with Crippen molar-refractivity contribution in [1.82, 2.24) is 24.3 Å². The van der Waals surface area contributed by atoms with Gasteiger partial charge in [-0.15, -0.1) is 0 Å². The summed E-state index contributed by atoms with van der Waals surface area (Å²) in [7, 11) is 1.88. The van der Waals surface area contributed by atoms with E-state index < -0.39 is 5.60 Å². The lowest BCUT2D eigenvalue weighted by atomic mass is 10.1. The molecule has 0 aromatic carbocycles. The molecule has 35 heavy (non-hydrogen) atoms. The fraction of sp³-hybridized carbons (Fsp3) is 0.520. The highest BCUT2D eigenvalue weighted by Crippen LogP contribution is 2.32. The minimum absolute atomic E-state index is 0.0353. The molecule has 0 radical (unpaired) electrons. The van der Waals surface area contributed by atoms with Crippen molar-refractivity contribution in [2.24, 2.45) is 18.9 Å². The Kier molecular flexibility index (Phi) is 5.90. The highest BCUT2D eigenvalue weighted by molar-refractivity contribution is 5.93. The Labute approximate surface area is 204 Å². The van der Waals surface area contributed by atoms with E-state index in [1.807, 2.05) is 52.2 Å². The Morgan fingerprint density at radius 3 is 2.74 bits per heavy atom. The lowest BCUT2D eigenvalue weighted by Crippen LogP contribution is -2.35. The zero-order chi connectivity index (χ0) is 24.7. The maximum absolute atomic E-state index is 12.3. The van der Waals surface area contributed by atoms with Crippen molar-refractivity contribution in [1.29, 1.82) is 0 Å². The van der Waals surface area contributed by atoms with Gasteiger partial charge in [0.25, 0.3) is 0 Å². The molecular formula is C25H32N6O4. The molecule has 4 heterocycles. The monoisotopic (exact) mass is 480 g/mol. The predicted molar refractivity (Wildman–Crippen MR) is 130 cm³/mol. The molecule has 1 unspecified atom stereocenters. The first-order chi connectivity index (χ1) is 16.7. The summed E-state index contributed by atoms with van der Waals surface area (Å²) in [4.78, 5) is 26.2. The van der Waals surface area contributed by atoms with E-state index in [2.05, 4.69) is 15.5 Å². The number of nitrogens with zero attached hydrogens (tertiary/aromatic N) is 5. The molecule has 1 aliphatic heterocycles. The largest absolute Gasteiger partial charge is 0.489 e. The molecule has 5 rings (SSSR count). The van der Waals surface area contributed by atoms with Crippen LogP contribution in [0.15, 0.2) is 30.6 Å². The summed E-state index contributed by atoms with van der Waals surface area (Å²) >= 11 is 0. The van der Waals surface area contributed by atoms with Crippen LogP contribution < -0.4 is 10.1 Å². The number of aromatic nitrogens is 4. The van der Waals surface area contributed by atoms with E-state index in [-0.39, 0.29) is 23.8 Å². The Morgan fingerprint density at radius 2 is 2.00 bits per heavy atom. The molecule has 1 saturated heterocycles. The number of aryl methyl sites for hydroxylation is 1.